The molecule has 0 bridgehead atoms. The lowest BCUT2D eigenvalue weighted by Crippen LogP contribution is -2.15. The van der Waals surface area contributed by atoms with E-state index in [9.17, 15) is 9.59 Å². The van der Waals surface area contributed by atoms with Crippen LogP contribution in [0.1, 0.15) is 10.6 Å². The second kappa shape index (κ2) is 5.69. The van der Waals surface area contributed by atoms with Gasteiger partial charge in [-0.2, -0.15) is 0 Å². The van der Waals surface area contributed by atoms with Gasteiger partial charge >= 0.3 is 5.63 Å². The van der Waals surface area contributed by atoms with Crippen molar-refractivity contribution in [3.05, 3.63) is 74.3 Å². The first-order valence-corrected chi connectivity index (χ1v) is 7.32. The third-order valence-corrected chi connectivity index (χ3v) is 3.96. The van der Waals surface area contributed by atoms with Gasteiger partial charge in [-0.3, -0.25) is 4.79 Å². The first-order chi connectivity index (χ1) is 10.1. The van der Waals surface area contributed by atoms with Crippen LogP contribution in [0.5, 0.6) is 0 Å². The Morgan fingerprint density at radius 2 is 1.76 bits per heavy atom. The molecule has 2 aromatic carbocycles. The normalized spacial score (nSPS) is 10.5. The van der Waals surface area contributed by atoms with E-state index in [1.807, 2.05) is 24.3 Å². The molecule has 21 heavy (non-hydrogen) atoms. The predicted molar refractivity (Wildman–Crippen MR) is 89.6 cm³/mol. The van der Waals surface area contributed by atoms with Crippen molar-refractivity contribution in [3.8, 4) is 0 Å². The van der Waals surface area contributed by atoms with Crippen LogP contribution in [0.15, 0.2) is 63.8 Å². The van der Waals surface area contributed by atoms with Crippen molar-refractivity contribution >= 4 is 45.0 Å². The number of rotatable bonds is 2. The van der Waals surface area contributed by atoms with Crippen LogP contribution in [0.4, 0.5) is 5.69 Å². The summed E-state index contributed by atoms with van der Waals surface area (Å²) in [6.07, 6.45) is 0. The number of carbonyl (C=O) groups excluding carboxylic acids is 1. The van der Waals surface area contributed by atoms with Gasteiger partial charge in [-0.15, -0.1) is 0 Å². The fraction of sp³-hybridized carbons (Fsp3) is 0. The molecule has 104 valence electrons. The maximum Gasteiger partial charge on any atom is 0.344 e. The van der Waals surface area contributed by atoms with Crippen molar-refractivity contribution in [2.24, 2.45) is 0 Å². The van der Waals surface area contributed by atoms with Gasteiger partial charge in [0, 0.05) is 3.57 Å². The third-order valence-electron chi connectivity index (χ3n) is 3.02. The van der Waals surface area contributed by atoms with Crippen molar-refractivity contribution in [3.63, 3.8) is 0 Å². The maximum atomic E-state index is 12.2. The van der Waals surface area contributed by atoms with Crippen LogP contribution in [0.3, 0.4) is 0 Å². The highest BCUT2D eigenvalue weighted by Gasteiger charge is 2.13. The highest BCUT2D eigenvalue weighted by atomic mass is 127. The molecule has 1 N–H and O–H groups in total. The van der Waals surface area contributed by atoms with Crippen molar-refractivity contribution < 1.29 is 9.21 Å². The summed E-state index contributed by atoms with van der Waals surface area (Å²) in [6.45, 7) is 0. The summed E-state index contributed by atoms with van der Waals surface area (Å²) in [7, 11) is 0. The monoisotopic (exact) mass is 391 g/mol. The predicted octanol–water partition coefficient (Wildman–Crippen LogP) is 3.65. The zero-order valence-electron chi connectivity index (χ0n) is 10.8. The summed E-state index contributed by atoms with van der Waals surface area (Å²) in [5.41, 5.74) is 0.167. The smallest absolute Gasteiger partial charge is 0.344 e. The third kappa shape index (κ3) is 2.82. The molecule has 0 unspecified atom stereocenters. The lowest BCUT2D eigenvalue weighted by Gasteiger charge is -2.06. The molecule has 0 aliphatic carbocycles. The van der Waals surface area contributed by atoms with Gasteiger partial charge in [0.2, 0.25) is 0 Å². The molecule has 0 spiro atoms. The average Bonchev–Trinajstić information content (AvgIpc) is 2.49. The lowest BCUT2D eigenvalue weighted by atomic mass is 10.1. The van der Waals surface area contributed by atoms with E-state index < -0.39 is 11.5 Å². The van der Waals surface area contributed by atoms with Crippen molar-refractivity contribution in [1.82, 2.24) is 0 Å². The van der Waals surface area contributed by atoms with Crippen LogP contribution in [0.2, 0.25) is 0 Å². The Hall–Kier alpha value is -2.15. The maximum absolute atomic E-state index is 12.2. The summed E-state index contributed by atoms with van der Waals surface area (Å²) in [5, 5.41) is 3.88. The molecule has 0 fully saturated rings. The van der Waals surface area contributed by atoms with Gasteiger partial charge in [0.1, 0.15) is 0 Å². The minimum atomic E-state index is -0.513. The van der Waals surface area contributed by atoms with E-state index in [4.69, 9.17) is 4.42 Å². The molecule has 0 saturated carbocycles. The minimum absolute atomic E-state index is 0.00152. The Labute approximate surface area is 133 Å². The zero-order valence-corrected chi connectivity index (χ0v) is 13.0. The number of anilines is 1. The quantitative estimate of drug-likeness (QED) is 0.679. The lowest BCUT2D eigenvalue weighted by molar-refractivity contribution is 0.0993. The number of hydrogen-bond donors (Lipinski definition) is 1. The first kappa shape index (κ1) is 13.8. The standard InChI is InChI=1S/C16H10INO3/c17-12-7-3-4-8-13(12)18-15(19)14-9-10-5-1-2-6-11(10)16(20)21-14/h1-9H,(H,18,19). The van der Waals surface area contributed by atoms with E-state index in [2.05, 4.69) is 27.9 Å². The highest BCUT2D eigenvalue weighted by Crippen LogP contribution is 2.18. The van der Waals surface area contributed by atoms with Crippen LogP contribution in [-0.4, -0.2) is 5.91 Å². The van der Waals surface area contributed by atoms with Gasteiger partial charge in [0.15, 0.2) is 5.76 Å². The first-order valence-electron chi connectivity index (χ1n) is 6.24. The number of carbonyl (C=O) groups is 1. The Morgan fingerprint density at radius 3 is 2.57 bits per heavy atom. The number of benzene rings is 2. The Morgan fingerprint density at radius 1 is 1.05 bits per heavy atom. The molecule has 3 rings (SSSR count). The fourth-order valence-electron chi connectivity index (χ4n) is 1.99. The van der Waals surface area contributed by atoms with Gasteiger partial charge in [-0.1, -0.05) is 30.3 Å². The average molecular weight is 391 g/mol. The highest BCUT2D eigenvalue weighted by molar-refractivity contribution is 14.1. The Bertz CT molecular complexity index is 886. The van der Waals surface area contributed by atoms with Crippen molar-refractivity contribution in [2.75, 3.05) is 5.32 Å². The molecule has 3 aromatic rings. The number of halogens is 1. The molecule has 0 aliphatic rings. The summed E-state index contributed by atoms with van der Waals surface area (Å²) < 4.78 is 6.00. The molecule has 0 atom stereocenters. The molecular weight excluding hydrogens is 381 g/mol. The summed E-state index contributed by atoms with van der Waals surface area (Å²) >= 11 is 2.13. The minimum Gasteiger partial charge on any atom is -0.417 e. The van der Waals surface area contributed by atoms with Gasteiger partial charge in [0.05, 0.1) is 11.1 Å². The van der Waals surface area contributed by atoms with Gasteiger partial charge in [0.25, 0.3) is 5.91 Å². The molecule has 1 amide bonds. The van der Waals surface area contributed by atoms with Crippen LogP contribution >= 0.6 is 22.6 Å². The van der Waals surface area contributed by atoms with E-state index >= 15 is 0 Å². The van der Waals surface area contributed by atoms with Crippen molar-refractivity contribution in [1.29, 1.82) is 0 Å². The number of nitrogens with one attached hydrogen (secondary N) is 1. The summed E-state index contributed by atoms with van der Waals surface area (Å²) in [4.78, 5) is 24.1. The largest absolute Gasteiger partial charge is 0.417 e. The van der Waals surface area contributed by atoms with Gasteiger partial charge in [-0.25, -0.2) is 4.79 Å². The molecule has 4 nitrogen and oxygen atoms in total. The van der Waals surface area contributed by atoms with Gasteiger partial charge in [-0.05, 0) is 52.2 Å². The van der Waals surface area contributed by atoms with Crippen LogP contribution in [0, 0.1) is 3.57 Å². The van der Waals surface area contributed by atoms with Crippen LogP contribution in [-0.2, 0) is 0 Å². The number of fused-ring (bicyclic) bond motifs is 1. The Kier molecular flexibility index (Phi) is 3.74. The molecule has 1 heterocycles. The summed E-state index contributed by atoms with van der Waals surface area (Å²) in [6, 6.07) is 16.0. The molecule has 0 aliphatic heterocycles. The molecule has 0 radical (unpaired) electrons. The van der Waals surface area contributed by atoms with Gasteiger partial charge < -0.3 is 9.73 Å². The second-order valence-corrected chi connectivity index (χ2v) is 5.58. The number of para-hydroxylation sites is 1. The molecule has 1 aromatic heterocycles. The van der Waals surface area contributed by atoms with Crippen LogP contribution in [0.25, 0.3) is 10.8 Å². The topological polar surface area (TPSA) is 59.3 Å². The van der Waals surface area contributed by atoms with E-state index in [-0.39, 0.29) is 5.76 Å². The second-order valence-electron chi connectivity index (χ2n) is 4.42. The SMILES string of the molecule is O=C(Nc1ccccc1I)c1cc2ccccc2c(=O)o1. The zero-order chi connectivity index (χ0) is 14.8. The Balaban J connectivity index is 1.99. The molecule has 5 heteroatoms. The fourth-order valence-corrected chi connectivity index (χ4v) is 2.51. The van der Waals surface area contributed by atoms with E-state index in [1.54, 1.807) is 30.3 Å². The summed E-state index contributed by atoms with van der Waals surface area (Å²) in [5.74, 6) is -0.444. The van der Waals surface area contributed by atoms with E-state index in [0.29, 0.717) is 16.5 Å². The number of hydrogen-bond acceptors (Lipinski definition) is 3. The van der Waals surface area contributed by atoms with E-state index in [0.717, 1.165) is 3.57 Å². The van der Waals surface area contributed by atoms with E-state index in [1.165, 1.54) is 0 Å². The van der Waals surface area contributed by atoms with Crippen molar-refractivity contribution in [2.45, 2.75) is 0 Å². The number of amides is 1. The van der Waals surface area contributed by atoms with Crippen LogP contribution < -0.4 is 10.9 Å². The molecular formula is C16H10INO3. The molecule has 0 saturated heterocycles.